The molecule has 0 fully saturated rings. The van der Waals surface area contributed by atoms with E-state index in [1.54, 1.807) is 6.92 Å². The van der Waals surface area contributed by atoms with Gasteiger partial charge in [0.25, 0.3) is 10.0 Å². The van der Waals surface area contributed by atoms with Gasteiger partial charge in [-0.2, -0.15) is 5.26 Å². The highest BCUT2D eigenvalue weighted by molar-refractivity contribution is 8.00. The van der Waals surface area contributed by atoms with Crippen molar-refractivity contribution >= 4 is 39.2 Å². The first kappa shape index (κ1) is 21.9. The van der Waals surface area contributed by atoms with Crippen LogP contribution in [0.2, 0.25) is 0 Å². The van der Waals surface area contributed by atoms with Crippen molar-refractivity contribution in [3.05, 3.63) is 59.0 Å². The number of carbonyl (C=O) groups excluding carboxylic acids is 1. The van der Waals surface area contributed by atoms with Crippen LogP contribution in [-0.2, 0) is 27.7 Å². The fourth-order valence-corrected chi connectivity index (χ4v) is 5.06. The molecular weight excluding hydrogens is 450 g/mol. The molecule has 0 spiro atoms. The number of benzene rings is 1. The maximum absolute atomic E-state index is 12.4. The minimum Gasteiger partial charge on any atom is -0.360 e. The van der Waals surface area contributed by atoms with Crippen LogP contribution in [0.25, 0.3) is 0 Å². The highest BCUT2D eigenvalue weighted by Gasteiger charge is 2.18. The van der Waals surface area contributed by atoms with Crippen LogP contribution in [0.3, 0.4) is 0 Å². The van der Waals surface area contributed by atoms with Crippen molar-refractivity contribution in [3.8, 4) is 6.07 Å². The summed E-state index contributed by atoms with van der Waals surface area (Å²) < 4.78 is 32.0. The van der Waals surface area contributed by atoms with Crippen LogP contribution in [0.1, 0.15) is 29.0 Å². The topological polar surface area (TPSA) is 138 Å². The highest BCUT2D eigenvalue weighted by Crippen LogP contribution is 2.28. The van der Waals surface area contributed by atoms with E-state index in [4.69, 9.17) is 4.52 Å². The van der Waals surface area contributed by atoms with Crippen LogP contribution >= 0.6 is 11.8 Å². The molecule has 0 radical (unpaired) electrons. The molecule has 164 valence electrons. The van der Waals surface area contributed by atoms with E-state index in [9.17, 15) is 18.5 Å². The summed E-state index contributed by atoms with van der Waals surface area (Å²) in [6, 6.07) is 11.2. The van der Waals surface area contributed by atoms with Crippen molar-refractivity contribution in [1.82, 2.24) is 10.1 Å². The number of aryl methyl sites for hydroxylation is 3. The van der Waals surface area contributed by atoms with Gasteiger partial charge in [-0.3, -0.25) is 9.52 Å². The third kappa shape index (κ3) is 4.92. The molecule has 0 aliphatic heterocycles. The molecule has 11 heteroatoms. The van der Waals surface area contributed by atoms with Gasteiger partial charge in [-0.15, -0.1) is 0 Å². The van der Waals surface area contributed by atoms with E-state index < -0.39 is 10.0 Å². The molecule has 32 heavy (non-hydrogen) atoms. The van der Waals surface area contributed by atoms with Crippen molar-refractivity contribution in [2.24, 2.45) is 0 Å². The van der Waals surface area contributed by atoms with E-state index in [2.05, 4.69) is 26.2 Å². The number of amides is 1. The molecule has 3 aromatic rings. The summed E-state index contributed by atoms with van der Waals surface area (Å²) in [6.07, 6.45) is 2.85. The third-order valence-corrected chi connectivity index (χ3v) is 7.15. The lowest BCUT2D eigenvalue weighted by Crippen LogP contribution is -2.15. The zero-order chi connectivity index (χ0) is 22.7. The number of thioether (sulfide) groups is 1. The summed E-state index contributed by atoms with van der Waals surface area (Å²) in [5.74, 6) is 0.366. The minimum atomic E-state index is -3.83. The summed E-state index contributed by atoms with van der Waals surface area (Å²) in [7, 11) is -3.83. The molecule has 4 rings (SSSR count). The van der Waals surface area contributed by atoms with Gasteiger partial charge < -0.3 is 9.84 Å². The van der Waals surface area contributed by atoms with Crippen LogP contribution in [0.5, 0.6) is 0 Å². The number of hydrogen-bond acceptors (Lipinski definition) is 8. The van der Waals surface area contributed by atoms with Crippen molar-refractivity contribution in [3.63, 3.8) is 0 Å². The standard InChI is InChI=1S/C21H19N5O4S2/c1-13-9-19(25-30-13)26-32(28,29)17-7-5-16(6-8-17)23-20(27)12-31-21-15(11-22)10-14-3-2-4-18(14)24-21/h5-10H,2-4,12H2,1H3,(H,23,27)(H,25,26). The Bertz CT molecular complexity index is 1310. The molecule has 1 amide bonds. The van der Waals surface area contributed by atoms with Crippen molar-refractivity contribution in [2.75, 3.05) is 15.8 Å². The first-order valence-electron chi connectivity index (χ1n) is 9.76. The Morgan fingerprint density at radius 3 is 2.72 bits per heavy atom. The lowest BCUT2D eigenvalue weighted by Gasteiger charge is -2.09. The number of sulfonamides is 1. The predicted molar refractivity (Wildman–Crippen MR) is 119 cm³/mol. The molecule has 0 bridgehead atoms. The lowest BCUT2D eigenvalue weighted by atomic mass is 10.2. The zero-order valence-corrected chi connectivity index (χ0v) is 18.7. The highest BCUT2D eigenvalue weighted by atomic mass is 32.2. The van der Waals surface area contributed by atoms with Gasteiger partial charge in [0, 0.05) is 17.4 Å². The predicted octanol–water partition coefficient (Wildman–Crippen LogP) is 3.27. The van der Waals surface area contributed by atoms with Crippen LogP contribution in [-0.4, -0.2) is 30.2 Å². The van der Waals surface area contributed by atoms with Crippen LogP contribution in [0.15, 0.2) is 50.8 Å². The zero-order valence-electron chi connectivity index (χ0n) is 17.1. The first-order chi connectivity index (χ1) is 15.3. The molecule has 1 aliphatic carbocycles. The van der Waals surface area contributed by atoms with Crippen LogP contribution in [0.4, 0.5) is 11.5 Å². The van der Waals surface area contributed by atoms with Crippen molar-refractivity contribution < 1.29 is 17.7 Å². The number of nitrogens with zero attached hydrogens (tertiary/aromatic N) is 3. The second-order valence-electron chi connectivity index (χ2n) is 7.20. The van der Waals surface area contributed by atoms with Crippen molar-refractivity contribution in [1.29, 1.82) is 5.26 Å². The summed E-state index contributed by atoms with van der Waals surface area (Å²) in [4.78, 5) is 16.9. The number of anilines is 2. The summed E-state index contributed by atoms with van der Waals surface area (Å²) in [5.41, 5.74) is 3.04. The molecular formula is C21H19N5O4S2. The van der Waals surface area contributed by atoms with E-state index >= 15 is 0 Å². The molecule has 0 unspecified atom stereocenters. The number of aromatic nitrogens is 2. The number of carbonyl (C=O) groups is 1. The van der Waals surface area contributed by atoms with E-state index in [1.165, 1.54) is 42.1 Å². The molecule has 2 heterocycles. The molecule has 0 saturated heterocycles. The van der Waals surface area contributed by atoms with Gasteiger partial charge in [0.1, 0.15) is 16.9 Å². The quantitative estimate of drug-likeness (QED) is 0.503. The van der Waals surface area contributed by atoms with Gasteiger partial charge in [0.05, 0.1) is 16.2 Å². The maximum Gasteiger partial charge on any atom is 0.263 e. The maximum atomic E-state index is 12.4. The van der Waals surface area contributed by atoms with Crippen molar-refractivity contribution in [2.45, 2.75) is 36.1 Å². The van der Waals surface area contributed by atoms with Gasteiger partial charge in [-0.05, 0) is 62.1 Å². The number of fused-ring (bicyclic) bond motifs is 1. The Morgan fingerprint density at radius 1 is 1.25 bits per heavy atom. The Balaban J connectivity index is 1.37. The molecule has 9 nitrogen and oxygen atoms in total. The number of nitrogens with one attached hydrogen (secondary N) is 2. The fraction of sp³-hybridized carbons (Fsp3) is 0.238. The Morgan fingerprint density at radius 2 is 2.03 bits per heavy atom. The largest absolute Gasteiger partial charge is 0.360 e. The SMILES string of the molecule is Cc1cc(NS(=O)(=O)c2ccc(NC(=O)CSc3nc4c(cc3C#N)CCC4)cc2)no1. The third-order valence-electron chi connectivity index (χ3n) is 4.79. The molecule has 1 aliphatic rings. The minimum absolute atomic E-state index is 0.0199. The number of pyridine rings is 1. The van der Waals surface area contributed by atoms with E-state index in [0.29, 0.717) is 22.0 Å². The molecule has 0 saturated carbocycles. The molecule has 0 atom stereocenters. The fourth-order valence-electron chi connectivity index (χ4n) is 3.30. The summed E-state index contributed by atoms with van der Waals surface area (Å²) >= 11 is 1.21. The monoisotopic (exact) mass is 469 g/mol. The summed E-state index contributed by atoms with van der Waals surface area (Å²) in [5, 5.41) is 16.3. The van der Waals surface area contributed by atoms with E-state index in [-0.39, 0.29) is 22.4 Å². The van der Waals surface area contributed by atoms with Gasteiger partial charge in [0.15, 0.2) is 5.82 Å². The van der Waals surface area contributed by atoms with Gasteiger partial charge in [-0.1, -0.05) is 16.9 Å². The smallest absolute Gasteiger partial charge is 0.263 e. The lowest BCUT2D eigenvalue weighted by molar-refractivity contribution is -0.113. The molecule has 2 N–H and O–H groups in total. The normalized spacial score (nSPS) is 12.8. The molecule has 2 aromatic heterocycles. The average molecular weight is 470 g/mol. The average Bonchev–Trinajstić information content (AvgIpc) is 3.39. The number of hydrogen-bond donors (Lipinski definition) is 2. The van der Waals surface area contributed by atoms with Crippen LogP contribution < -0.4 is 10.0 Å². The second-order valence-corrected chi connectivity index (χ2v) is 9.85. The van der Waals surface area contributed by atoms with Gasteiger partial charge >= 0.3 is 0 Å². The Hall–Kier alpha value is -3.36. The number of nitriles is 1. The van der Waals surface area contributed by atoms with Gasteiger partial charge in [-0.25, -0.2) is 13.4 Å². The summed E-state index contributed by atoms with van der Waals surface area (Å²) in [6.45, 7) is 1.65. The molecule has 1 aromatic carbocycles. The Kier molecular flexibility index (Phi) is 6.16. The first-order valence-corrected chi connectivity index (χ1v) is 12.2. The Labute approximate surface area is 189 Å². The van der Waals surface area contributed by atoms with E-state index in [1.807, 2.05) is 6.07 Å². The van der Waals surface area contributed by atoms with Gasteiger partial charge in [0.2, 0.25) is 5.91 Å². The second kappa shape index (κ2) is 9.02. The van der Waals surface area contributed by atoms with Crippen LogP contribution in [0, 0.1) is 18.3 Å². The van der Waals surface area contributed by atoms with E-state index in [0.717, 1.165) is 30.5 Å². The number of rotatable bonds is 7.